The molecule has 0 bridgehead atoms. The molecule has 6 heteroatoms. The Hall–Kier alpha value is -2.40. The van der Waals surface area contributed by atoms with Crippen LogP contribution in [0.4, 0.5) is 0 Å². The molecule has 2 aromatic rings. The highest BCUT2D eigenvalue weighted by Gasteiger charge is 2.27. The lowest BCUT2D eigenvalue weighted by Crippen LogP contribution is -2.03. The fraction of sp³-hybridized carbons (Fsp3) is 0. The molecular weight excluding hydrogens is 272 g/mol. The first-order valence-corrected chi connectivity index (χ1v) is 5.58. The van der Waals surface area contributed by atoms with Crippen LogP contribution in [0.5, 0.6) is 23.0 Å². The summed E-state index contributed by atoms with van der Waals surface area (Å²) >= 11 is 5.72. The predicted molar refractivity (Wildman–Crippen MR) is 68.0 cm³/mol. The molecule has 0 heterocycles. The Morgan fingerprint density at radius 1 is 0.842 bits per heavy atom. The SMILES string of the molecule is O=C(c1ccccc1)c1c(O)c(O)c(O)c(O)c1Cl. The highest BCUT2D eigenvalue weighted by molar-refractivity contribution is 6.37. The number of hydrogen-bond acceptors (Lipinski definition) is 5. The van der Waals surface area contributed by atoms with Crippen LogP contribution in [0, 0.1) is 0 Å². The Labute approximate surface area is 112 Å². The van der Waals surface area contributed by atoms with E-state index in [2.05, 4.69) is 0 Å². The maximum Gasteiger partial charge on any atom is 0.205 e. The zero-order valence-corrected chi connectivity index (χ0v) is 10.2. The molecule has 0 amide bonds. The van der Waals surface area contributed by atoms with Gasteiger partial charge in [-0.15, -0.1) is 0 Å². The summed E-state index contributed by atoms with van der Waals surface area (Å²) in [5, 5.41) is 37.4. The molecule has 0 radical (unpaired) electrons. The average Bonchev–Trinajstić information content (AvgIpc) is 2.44. The maximum atomic E-state index is 12.2. The molecule has 98 valence electrons. The summed E-state index contributed by atoms with van der Waals surface area (Å²) in [6.07, 6.45) is 0. The Kier molecular flexibility index (Phi) is 3.23. The molecule has 0 aliphatic rings. The van der Waals surface area contributed by atoms with Gasteiger partial charge in [-0.2, -0.15) is 0 Å². The van der Waals surface area contributed by atoms with E-state index in [1.807, 2.05) is 0 Å². The molecule has 0 aromatic heterocycles. The maximum absolute atomic E-state index is 12.2. The summed E-state index contributed by atoms with van der Waals surface area (Å²) in [5.41, 5.74) is -0.259. The van der Waals surface area contributed by atoms with Crippen molar-refractivity contribution in [3.05, 3.63) is 46.5 Å². The second-order valence-electron chi connectivity index (χ2n) is 3.78. The number of ketones is 1. The monoisotopic (exact) mass is 280 g/mol. The first-order valence-electron chi connectivity index (χ1n) is 5.20. The number of carbonyl (C=O) groups excluding carboxylic acids is 1. The van der Waals surface area contributed by atoms with Crippen LogP contribution in [0.25, 0.3) is 0 Å². The number of halogens is 1. The Morgan fingerprint density at radius 2 is 1.37 bits per heavy atom. The molecule has 0 spiro atoms. The van der Waals surface area contributed by atoms with Gasteiger partial charge in [0.05, 0.1) is 5.56 Å². The average molecular weight is 281 g/mol. The number of carbonyl (C=O) groups is 1. The fourth-order valence-electron chi connectivity index (χ4n) is 1.61. The molecule has 0 saturated carbocycles. The lowest BCUT2D eigenvalue weighted by Gasteiger charge is -2.11. The Morgan fingerprint density at radius 3 is 1.95 bits per heavy atom. The normalized spacial score (nSPS) is 10.4. The van der Waals surface area contributed by atoms with E-state index in [-0.39, 0.29) is 5.56 Å². The number of phenols is 4. The highest BCUT2D eigenvalue weighted by Crippen LogP contribution is 2.49. The van der Waals surface area contributed by atoms with Crippen LogP contribution < -0.4 is 0 Å². The topological polar surface area (TPSA) is 98.0 Å². The van der Waals surface area contributed by atoms with Gasteiger partial charge in [0, 0.05) is 5.56 Å². The van der Waals surface area contributed by atoms with Crippen LogP contribution in [0.3, 0.4) is 0 Å². The van der Waals surface area contributed by atoms with Gasteiger partial charge >= 0.3 is 0 Å². The standard InChI is InChI=1S/C13H9ClO5/c14-8-7(9(15)6-4-2-1-3-5-6)10(16)12(18)13(19)11(8)17/h1-5,16-19H. The smallest absolute Gasteiger partial charge is 0.205 e. The van der Waals surface area contributed by atoms with Crippen molar-refractivity contribution in [1.82, 2.24) is 0 Å². The molecule has 0 aliphatic carbocycles. The van der Waals surface area contributed by atoms with Gasteiger partial charge in [0.2, 0.25) is 11.5 Å². The number of aromatic hydroxyl groups is 4. The molecule has 0 aliphatic heterocycles. The first kappa shape index (κ1) is 13.0. The van der Waals surface area contributed by atoms with Crippen LogP contribution in [-0.4, -0.2) is 26.2 Å². The fourth-order valence-corrected chi connectivity index (χ4v) is 1.87. The minimum Gasteiger partial charge on any atom is -0.504 e. The zero-order valence-electron chi connectivity index (χ0n) is 9.46. The van der Waals surface area contributed by atoms with Crippen molar-refractivity contribution in [2.45, 2.75) is 0 Å². The lowest BCUT2D eigenvalue weighted by atomic mass is 10.0. The Bertz CT molecular complexity index is 623. The van der Waals surface area contributed by atoms with Gasteiger partial charge in [0.15, 0.2) is 17.3 Å². The number of benzene rings is 2. The summed E-state index contributed by atoms with van der Waals surface area (Å²) < 4.78 is 0. The van der Waals surface area contributed by atoms with Gasteiger partial charge in [-0.1, -0.05) is 41.9 Å². The van der Waals surface area contributed by atoms with Crippen molar-refractivity contribution in [2.24, 2.45) is 0 Å². The van der Waals surface area contributed by atoms with E-state index in [0.717, 1.165) is 0 Å². The number of rotatable bonds is 2. The van der Waals surface area contributed by atoms with Crippen LogP contribution in [0.2, 0.25) is 5.02 Å². The van der Waals surface area contributed by atoms with Crippen LogP contribution >= 0.6 is 11.6 Å². The van der Waals surface area contributed by atoms with Gasteiger partial charge < -0.3 is 20.4 Å². The van der Waals surface area contributed by atoms with E-state index in [4.69, 9.17) is 11.6 Å². The largest absolute Gasteiger partial charge is 0.504 e. The highest BCUT2D eigenvalue weighted by atomic mass is 35.5. The number of phenolic OH excluding ortho intramolecular Hbond substituents is 4. The van der Waals surface area contributed by atoms with Crippen molar-refractivity contribution in [1.29, 1.82) is 0 Å². The van der Waals surface area contributed by atoms with Crippen molar-refractivity contribution >= 4 is 17.4 Å². The molecule has 19 heavy (non-hydrogen) atoms. The molecule has 0 saturated heterocycles. The molecular formula is C13H9ClO5. The molecule has 0 fully saturated rings. The first-order chi connectivity index (χ1) is 8.95. The third-order valence-corrected chi connectivity index (χ3v) is 2.97. The minimum atomic E-state index is -0.999. The third-order valence-electron chi connectivity index (χ3n) is 2.60. The van der Waals surface area contributed by atoms with E-state index < -0.39 is 39.4 Å². The minimum absolute atomic E-state index is 0.212. The summed E-state index contributed by atoms with van der Waals surface area (Å²) in [5.74, 6) is -4.41. The van der Waals surface area contributed by atoms with E-state index in [9.17, 15) is 25.2 Å². The summed E-state index contributed by atoms with van der Waals surface area (Å²) in [4.78, 5) is 12.2. The molecule has 5 nitrogen and oxygen atoms in total. The summed E-state index contributed by atoms with van der Waals surface area (Å²) in [7, 11) is 0. The van der Waals surface area contributed by atoms with Gasteiger partial charge in [-0.3, -0.25) is 4.79 Å². The quantitative estimate of drug-likeness (QED) is 0.385. The van der Waals surface area contributed by atoms with Gasteiger partial charge in [0.25, 0.3) is 0 Å². The van der Waals surface area contributed by atoms with Crippen molar-refractivity contribution < 1.29 is 25.2 Å². The van der Waals surface area contributed by atoms with E-state index in [1.165, 1.54) is 12.1 Å². The van der Waals surface area contributed by atoms with Crippen LogP contribution in [0.1, 0.15) is 15.9 Å². The zero-order chi connectivity index (χ0) is 14.2. The Balaban J connectivity index is 2.67. The summed E-state index contributed by atoms with van der Waals surface area (Å²) in [6, 6.07) is 7.89. The van der Waals surface area contributed by atoms with Crippen molar-refractivity contribution in [3.63, 3.8) is 0 Å². The van der Waals surface area contributed by atoms with Gasteiger partial charge in [-0.05, 0) is 0 Å². The molecule has 0 unspecified atom stereocenters. The molecule has 0 atom stereocenters. The third kappa shape index (κ3) is 2.04. The predicted octanol–water partition coefficient (Wildman–Crippen LogP) is 2.39. The van der Waals surface area contributed by atoms with Crippen molar-refractivity contribution in [3.8, 4) is 23.0 Å². The van der Waals surface area contributed by atoms with Crippen LogP contribution in [0.15, 0.2) is 30.3 Å². The van der Waals surface area contributed by atoms with Crippen molar-refractivity contribution in [2.75, 3.05) is 0 Å². The van der Waals surface area contributed by atoms with E-state index in [0.29, 0.717) is 0 Å². The van der Waals surface area contributed by atoms with E-state index in [1.54, 1.807) is 18.2 Å². The van der Waals surface area contributed by atoms with Gasteiger partial charge in [-0.25, -0.2) is 0 Å². The second kappa shape index (κ2) is 4.70. The number of hydrogen-bond donors (Lipinski definition) is 4. The molecule has 2 aromatic carbocycles. The van der Waals surface area contributed by atoms with E-state index >= 15 is 0 Å². The molecule has 4 N–H and O–H groups in total. The van der Waals surface area contributed by atoms with Crippen LogP contribution in [-0.2, 0) is 0 Å². The lowest BCUT2D eigenvalue weighted by molar-refractivity contribution is 0.103. The van der Waals surface area contributed by atoms with Gasteiger partial charge in [0.1, 0.15) is 5.02 Å². The second-order valence-corrected chi connectivity index (χ2v) is 4.16. The molecule has 2 rings (SSSR count). The summed E-state index contributed by atoms with van der Waals surface area (Å²) in [6.45, 7) is 0.